The van der Waals surface area contributed by atoms with Crippen molar-refractivity contribution in [1.29, 1.82) is 0 Å². The predicted octanol–water partition coefficient (Wildman–Crippen LogP) is 5.43. The van der Waals surface area contributed by atoms with E-state index in [9.17, 15) is 9.18 Å². The van der Waals surface area contributed by atoms with Gasteiger partial charge in [0.15, 0.2) is 11.6 Å². The second-order valence-corrected chi connectivity index (χ2v) is 7.16. The Kier molecular flexibility index (Phi) is 7.14. The van der Waals surface area contributed by atoms with Gasteiger partial charge in [0, 0.05) is 12.7 Å². The van der Waals surface area contributed by atoms with Crippen LogP contribution in [-0.2, 0) is 11.3 Å². The van der Waals surface area contributed by atoms with Crippen molar-refractivity contribution in [3.63, 3.8) is 0 Å². The van der Waals surface area contributed by atoms with E-state index < -0.39 is 5.82 Å². The molecule has 0 aliphatic heterocycles. The van der Waals surface area contributed by atoms with Crippen LogP contribution in [0.2, 0.25) is 0 Å². The van der Waals surface area contributed by atoms with E-state index in [2.05, 4.69) is 10.3 Å². The van der Waals surface area contributed by atoms with Crippen LogP contribution in [0.15, 0.2) is 66.9 Å². The molecule has 6 heteroatoms. The molecule has 1 N–H and O–H groups in total. The van der Waals surface area contributed by atoms with E-state index >= 15 is 0 Å². The number of hydrogen-bond acceptors (Lipinski definition) is 4. The largest absolute Gasteiger partial charge is 0.454 e. The maximum atomic E-state index is 13.7. The highest BCUT2D eigenvalue weighted by atomic mass is 19.1. The molecule has 1 amide bonds. The molecule has 156 valence electrons. The summed E-state index contributed by atoms with van der Waals surface area (Å²) in [6, 6.07) is 16.9. The van der Waals surface area contributed by atoms with E-state index in [1.807, 2.05) is 32.9 Å². The van der Waals surface area contributed by atoms with Gasteiger partial charge in [-0.3, -0.25) is 9.78 Å². The lowest BCUT2D eigenvalue weighted by atomic mass is 10.2. The summed E-state index contributed by atoms with van der Waals surface area (Å²) < 4.78 is 24.9. The van der Waals surface area contributed by atoms with E-state index in [4.69, 9.17) is 9.47 Å². The first-order valence-corrected chi connectivity index (χ1v) is 9.83. The fraction of sp³-hybridized carbons (Fsp3) is 0.250. The second kappa shape index (κ2) is 9.98. The number of nitrogens with one attached hydrogen (secondary N) is 1. The Labute approximate surface area is 175 Å². The van der Waals surface area contributed by atoms with E-state index in [1.54, 1.807) is 48.7 Å². The molecule has 1 atom stereocenters. The fourth-order valence-corrected chi connectivity index (χ4v) is 2.87. The lowest BCUT2D eigenvalue weighted by molar-refractivity contribution is 0.0154. The van der Waals surface area contributed by atoms with Crippen LogP contribution in [0.25, 0.3) is 0 Å². The fourth-order valence-electron chi connectivity index (χ4n) is 2.87. The van der Waals surface area contributed by atoms with Crippen LogP contribution in [0.5, 0.6) is 11.5 Å². The maximum absolute atomic E-state index is 13.7. The van der Waals surface area contributed by atoms with Crippen molar-refractivity contribution >= 4 is 5.91 Å². The zero-order valence-electron chi connectivity index (χ0n) is 17.3. The predicted molar refractivity (Wildman–Crippen MR) is 113 cm³/mol. The number of carbonyl (C=O) groups is 1. The number of hydrogen-bond donors (Lipinski definition) is 1. The number of amides is 1. The summed E-state index contributed by atoms with van der Waals surface area (Å²) in [5.74, 6) is 0.0621. The standard InChI is InChI=1S/C24H25FN2O3/c1-16(2)29-17(3)22-13-10-19(15-26-22)24(28)27-14-18-8-11-20(12-9-18)30-23-7-5-4-6-21(23)25/h4-13,15-17H,14H2,1-3H3,(H,27,28). The molecule has 0 aliphatic rings. The Balaban J connectivity index is 1.54. The molecule has 0 saturated carbocycles. The van der Waals surface area contributed by atoms with Gasteiger partial charge in [-0.05, 0) is 62.7 Å². The molecular weight excluding hydrogens is 383 g/mol. The molecule has 5 nitrogen and oxygen atoms in total. The Hall–Kier alpha value is -3.25. The van der Waals surface area contributed by atoms with Gasteiger partial charge in [0.05, 0.1) is 23.5 Å². The molecule has 30 heavy (non-hydrogen) atoms. The number of halogens is 1. The Bertz CT molecular complexity index is 973. The topological polar surface area (TPSA) is 60.5 Å². The zero-order chi connectivity index (χ0) is 21.5. The van der Waals surface area contributed by atoms with Crippen LogP contribution in [-0.4, -0.2) is 17.0 Å². The van der Waals surface area contributed by atoms with Crippen molar-refractivity contribution in [2.24, 2.45) is 0 Å². The number of carbonyl (C=O) groups excluding carboxylic acids is 1. The molecule has 0 saturated heterocycles. The third kappa shape index (κ3) is 5.87. The van der Waals surface area contributed by atoms with Crippen molar-refractivity contribution in [2.45, 2.75) is 39.5 Å². The van der Waals surface area contributed by atoms with Gasteiger partial charge < -0.3 is 14.8 Å². The molecular formula is C24H25FN2O3. The summed E-state index contributed by atoms with van der Waals surface area (Å²) in [6.07, 6.45) is 1.52. The van der Waals surface area contributed by atoms with E-state index in [-0.39, 0.29) is 23.9 Å². The Morgan fingerprint density at radius 3 is 2.40 bits per heavy atom. The van der Waals surface area contributed by atoms with Crippen LogP contribution >= 0.6 is 0 Å². The highest BCUT2D eigenvalue weighted by molar-refractivity contribution is 5.93. The number of aromatic nitrogens is 1. The first-order valence-electron chi connectivity index (χ1n) is 9.83. The van der Waals surface area contributed by atoms with Gasteiger partial charge in [-0.15, -0.1) is 0 Å². The van der Waals surface area contributed by atoms with Gasteiger partial charge in [0.25, 0.3) is 5.91 Å². The molecule has 0 spiro atoms. The lowest BCUT2D eigenvalue weighted by Gasteiger charge is -2.15. The third-order valence-electron chi connectivity index (χ3n) is 4.38. The quantitative estimate of drug-likeness (QED) is 0.540. The number of nitrogens with zero attached hydrogens (tertiary/aromatic N) is 1. The smallest absolute Gasteiger partial charge is 0.253 e. The summed E-state index contributed by atoms with van der Waals surface area (Å²) in [7, 11) is 0. The molecule has 1 heterocycles. The minimum absolute atomic E-state index is 0.105. The molecule has 3 rings (SSSR count). The molecule has 2 aromatic carbocycles. The van der Waals surface area contributed by atoms with Crippen LogP contribution in [0, 0.1) is 5.82 Å². The van der Waals surface area contributed by atoms with Gasteiger partial charge in [-0.1, -0.05) is 24.3 Å². The average Bonchev–Trinajstić information content (AvgIpc) is 2.74. The maximum Gasteiger partial charge on any atom is 0.253 e. The van der Waals surface area contributed by atoms with Crippen molar-refractivity contribution < 1.29 is 18.7 Å². The monoisotopic (exact) mass is 408 g/mol. The molecule has 0 fully saturated rings. The molecule has 0 bridgehead atoms. The number of benzene rings is 2. The SMILES string of the molecule is CC(C)OC(C)c1ccc(C(=O)NCc2ccc(Oc3ccccc3F)cc2)cn1. The third-order valence-corrected chi connectivity index (χ3v) is 4.38. The number of ether oxygens (including phenoxy) is 2. The van der Waals surface area contributed by atoms with E-state index in [0.29, 0.717) is 17.9 Å². The van der Waals surface area contributed by atoms with Crippen LogP contribution in [0.4, 0.5) is 4.39 Å². The van der Waals surface area contributed by atoms with Crippen LogP contribution in [0.3, 0.4) is 0 Å². The summed E-state index contributed by atoms with van der Waals surface area (Å²) >= 11 is 0. The summed E-state index contributed by atoms with van der Waals surface area (Å²) in [6.45, 7) is 6.23. The van der Waals surface area contributed by atoms with Crippen LogP contribution < -0.4 is 10.1 Å². The number of rotatable bonds is 8. The van der Waals surface area contributed by atoms with Crippen molar-refractivity contribution in [3.8, 4) is 11.5 Å². The van der Waals surface area contributed by atoms with E-state index in [1.165, 1.54) is 6.07 Å². The summed E-state index contributed by atoms with van der Waals surface area (Å²) in [5.41, 5.74) is 2.16. The summed E-state index contributed by atoms with van der Waals surface area (Å²) in [4.78, 5) is 16.7. The highest BCUT2D eigenvalue weighted by Gasteiger charge is 2.12. The van der Waals surface area contributed by atoms with Crippen molar-refractivity contribution in [1.82, 2.24) is 10.3 Å². The zero-order valence-corrected chi connectivity index (χ0v) is 17.3. The van der Waals surface area contributed by atoms with Gasteiger partial charge >= 0.3 is 0 Å². The first-order chi connectivity index (χ1) is 14.4. The van der Waals surface area contributed by atoms with E-state index in [0.717, 1.165) is 11.3 Å². The Morgan fingerprint density at radius 2 is 1.77 bits per heavy atom. The van der Waals surface area contributed by atoms with Crippen molar-refractivity contribution in [2.75, 3.05) is 0 Å². The summed E-state index contributed by atoms with van der Waals surface area (Å²) in [5, 5.41) is 2.86. The lowest BCUT2D eigenvalue weighted by Crippen LogP contribution is -2.23. The van der Waals surface area contributed by atoms with Gasteiger partial charge in [0.1, 0.15) is 5.75 Å². The highest BCUT2D eigenvalue weighted by Crippen LogP contribution is 2.24. The number of pyridine rings is 1. The molecule has 1 unspecified atom stereocenters. The normalized spacial score (nSPS) is 11.9. The Morgan fingerprint density at radius 1 is 1.03 bits per heavy atom. The molecule has 1 aromatic heterocycles. The first kappa shape index (κ1) is 21.5. The minimum Gasteiger partial charge on any atom is -0.454 e. The van der Waals surface area contributed by atoms with Crippen LogP contribution in [0.1, 0.15) is 48.5 Å². The molecule has 0 aliphatic carbocycles. The van der Waals surface area contributed by atoms with Crippen molar-refractivity contribution in [3.05, 3.63) is 89.5 Å². The van der Waals surface area contributed by atoms with Gasteiger partial charge in [-0.2, -0.15) is 0 Å². The second-order valence-electron chi connectivity index (χ2n) is 7.16. The average molecular weight is 408 g/mol. The van der Waals surface area contributed by atoms with Gasteiger partial charge in [0.2, 0.25) is 0 Å². The molecule has 0 radical (unpaired) electrons. The molecule has 3 aromatic rings. The number of para-hydroxylation sites is 1. The van der Waals surface area contributed by atoms with Gasteiger partial charge in [-0.25, -0.2) is 4.39 Å². The minimum atomic E-state index is -0.418.